The molecular formula is C9H9F2N3S. The van der Waals surface area contributed by atoms with E-state index in [0.717, 1.165) is 24.1 Å². The van der Waals surface area contributed by atoms with E-state index in [9.17, 15) is 8.78 Å². The summed E-state index contributed by atoms with van der Waals surface area (Å²) in [4.78, 5) is 0.579. The van der Waals surface area contributed by atoms with Crippen LogP contribution in [0.3, 0.4) is 0 Å². The Kier molecular flexibility index (Phi) is 2.77. The highest BCUT2D eigenvalue weighted by atomic mass is 32.2. The van der Waals surface area contributed by atoms with Crippen LogP contribution in [0.5, 0.6) is 0 Å². The summed E-state index contributed by atoms with van der Waals surface area (Å²) in [5.74, 6) is -1.16. The molecule has 1 aromatic carbocycles. The third-order valence-corrected chi connectivity index (χ3v) is 2.66. The number of hydrogen-bond acceptors (Lipinski definition) is 4. The van der Waals surface area contributed by atoms with E-state index in [1.165, 1.54) is 0 Å². The molecule has 0 saturated heterocycles. The smallest absolute Gasteiger partial charge is 0.207 e. The zero-order valence-electron chi connectivity index (χ0n) is 7.97. The molecule has 2 N–H and O–H groups in total. The zero-order valence-corrected chi connectivity index (χ0v) is 8.79. The van der Waals surface area contributed by atoms with Crippen molar-refractivity contribution >= 4 is 23.6 Å². The largest absolute Gasteiger partial charge is 0.356 e. The normalized spacial score (nSPS) is 13.9. The van der Waals surface area contributed by atoms with Gasteiger partial charge < -0.3 is 10.6 Å². The van der Waals surface area contributed by atoms with Gasteiger partial charge in [-0.1, -0.05) is 0 Å². The van der Waals surface area contributed by atoms with Crippen LogP contribution in [0.25, 0.3) is 0 Å². The molecule has 0 aliphatic carbocycles. The molecule has 0 spiro atoms. The van der Waals surface area contributed by atoms with E-state index < -0.39 is 11.6 Å². The Morgan fingerprint density at radius 1 is 1.40 bits per heavy atom. The van der Waals surface area contributed by atoms with Crippen molar-refractivity contribution in [2.24, 2.45) is 4.40 Å². The Hall–Kier alpha value is -1.30. The van der Waals surface area contributed by atoms with Gasteiger partial charge in [0.05, 0.1) is 10.6 Å². The minimum atomic E-state index is -0.861. The lowest BCUT2D eigenvalue weighted by Crippen LogP contribution is -2.31. The van der Waals surface area contributed by atoms with Crippen molar-refractivity contribution in [1.82, 2.24) is 5.32 Å². The molecule has 1 aliphatic rings. The van der Waals surface area contributed by atoms with Crippen LogP contribution in [0.15, 0.2) is 21.4 Å². The number of anilines is 1. The molecule has 0 atom stereocenters. The van der Waals surface area contributed by atoms with Crippen LogP contribution in [-0.2, 0) is 0 Å². The zero-order chi connectivity index (χ0) is 10.8. The molecule has 1 aliphatic heterocycles. The van der Waals surface area contributed by atoms with Gasteiger partial charge in [-0.3, -0.25) is 0 Å². The highest BCUT2D eigenvalue weighted by Crippen LogP contribution is 2.33. The maximum atomic E-state index is 12.9. The second-order valence-electron chi connectivity index (χ2n) is 2.95. The van der Waals surface area contributed by atoms with Crippen LogP contribution >= 0.6 is 11.9 Å². The molecular weight excluding hydrogens is 220 g/mol. The summed E-state index contributed by atoms with van der Waals surface area (Å²) in [7, 11) is 0. The van der Waals surface area contributed by atoms with Crippen LogP contribution in [0, 0.1) is 11.6 Å². The van der Waals surface area contributed by atoms with Crippen molar-refractivity contribution < 1.29 is 8.78 Å². The van der Waals surface area contributed by atoms with Gasteiger partial charge in [0.2, 0.25) is 5.96 Å². The van der Waals surface area contributed by atoms with Gasteiger partial charge in [0.25, 0.3) is 0 Å². The molecule has 0 radical (unpaired) electrons. The first-order valence-electron chi connectivity index (χ1n) is 4.45. The van der Waals surface area contributed by atoms with Crippen LogP contribution < -0.4 is 10.6 Å². The highest BCUT2D eigenvalue weighted by Gasteiger charge is 2.15. The van der Waals surface area contributed by atoms with Crippen molar-refractivity contribution in [3.05, 3.63) is 23.8 Å². The topological polar surface area (TPSA) is 36.4 Å². The average molecular weight is 229 g/mol. The fraction of sp³-hybridized carbons (Fsp3) is 0.222. The minimum Gasteiger partial charge on any atom is -0.356 e. The van der Waals surface area contributed by atoms with Crippen LogP contribution in [-0.4, -0.2) is 12.5 Å². The number of fused-ring (bicyclic) bond motifs is 1. The second kappa shape index (κ2) is 4.06. The molecule has 0 aromatic heterocycles. The van der Waals surface area contributed by atoms with Crippen molar-refractivity contribution in [3.8, 4) is 0 Å². The van der Waals surface area contributed by atoms with E-state index in [1.807, 2.05) is 6.92 Å². The molecule has 0 fully saturated rings. The van der Waals surface area contributed by atoms with E-state index in [4.69, 9.17) is 0 Å². The third-order valence-electron chi connectivity index (χ3n) is 1.86. The summed E-state index contributed by atoms with van der Waals surface area (Å²) in [5, 5.41) is 5.84. The lowest BCUT2D eigenvalue weighted by atomic mass is 10.3. The van der Waals surface area contributed by atoms with Gasteiger partial charge in [-0.05, 0) is 13.0 Å². The van der Waals surface area contributed by atoms with Gasteiger partial charge >= 0.3 is 0 Å². The summed E-state index contributed by atoms with van der Waals surface area (Å²) in [5.41, 5.74) is 0.532. The number of nitrogens with one attached hydrogen (secondary N) is 2. The predicted molar refractivity (Wildman–Crippen MR) is 56.9 cm³/mol. The molecule has 1 heterocycles. The van der Waals surface area contributed by atoms with E-state index in [1.54, 1.807) is 0 Å². The summed E-state index contributed by atoms with van der Waals surface area (Å²) in [6.45, 7) is 2.64. The standard InChI is InChI=1S/C9H9F2N3S/c1-2-12-9-13-7-3-5(10)6(11)4-8(7)15-14-9/h3-4H,2H2,1H3,(H2,12,13,14). The molecule has 3 nitrogen and oxygen atoms in total. The first-order valence-corrected chi connectivity index (χ1v) is 5.23. The van der Waals surface area contributed by atoms with Gasteiger partial charge in [-0.15, -0.1) is 0 Å². The number of benzene rings is 1. The minimum absolute atomic E-state index is 0.532. The van der Waals surface area contributed by atoms with Gasteiger partial charge in [-0.2, -0.15) is 4.40 Å². The number of nitrogens with zero attached hydrogens (tertiary/aromatic N) is 1. The first kappa shape index (κ1) is 10.2. The third kappa shape index (κ3) is 2.04. The van der Waals surface area contributed by atoms with Crippen LogP contribution in [0.4, 0.5) is 14.5 Å². The molecule has 0 amide bonds. The molecule has 15 heavy (non-hydrogen) atoms. The Balaban J connectivity index is 2.28. The second-order valence-corrected chi connectivity index (χ2v) is 3.75. The summed E-state index contributed by atoms with van der Waals surface area (Å²) >= 11 is 1.12. The van der Waals surface area contributed by atoms with E-state index in [-0.39, 0.29) is 0 Å². The lowest BCUT2D eigenvalue weighted by molar-refractivity contribution is 0.506. The van der Waals surface area contributed by atoms with Crippen molar-refractivity contribution in [2.45, 2.75) is 11.8 Å². The summed E-state index contributed by atoms with van der Waals surface area (Å²) < 4.78 is 29.9. The highest BCUT2D eigenvalue weighted by molar-refractivity contribution is 7.98. The Bertz CT molecular complexity index is 420. The monoisotopic (exact) mass is 229 g/mol. The van der Waals surface area contributed by atoms with Gasteiger partial charge in [0.15, 0.2) is 11.6 Å². The van der Waals surface area contributed by atoms with Crippen LogP contribution in [0.1, 0.15) is 6.92 Å². The van der Waals surface area contributed by atoms with Crippen molar-refractivity contribution in [1.29, 1.82) is 0 Å². The van der Waals surface area contributed by atoms with Gasteiger partial charge in [0.1, 0.15) is 0 Å². The summed E-state index contributed by atoms with van der Waals surface area (Å²) in [6, 6.07) is 2.26. The van der Waals surface area contributed by atoms with Gasteiger partial charge in [0, 0.05) is 24.6 Å². The Labute approximate surface area is 90.1 Å². The molecule has 2 rings (SSSR count). The van der Waals surface area contributed by atoms with E-state index in [0.29, 0.717) is 23.1 Å². The predicted octanol–water partition coefficient (Wildman–Crippen LogP) is 2.36. The number of halogens is 2. The lowest BCUT2D eigenvalue weighted by Gasteiger charge is -2.17. The quantitative estimate of drug-likeness (QED) is 0.726. The van der Waals surface area contributed by atoms with Crippen LogP contribution in [0.2, 0.25) is 0 Å². The Morgan fingerprint density at radius 3 is 2.87 bits per heavy atom. The SMILES string of the molecule is CCNC1=NSc2cc(F)c(F)cc2N1. The molecule has 6 heteroatoms. The molecule has 0 bridgehead atoms. The molecule has 0 unspecified atom stereocenters. The van der Waals surface area contributed by atoms with Crippen molar-refractivity contribution in [2.75, 3.05) is 11.9 Å². The molecule has 80 valence electrons. The molecule has 1 aromatic rings. The number of hydrogen-bond donors (Lipinski definition) is 2. The maximum absolute atomic E-state index is 12.9. The molecule has 0 saturated carbocycles. The number of guanidine groups is 1. The average Bonchev–Trinajstić information content (AvgIpc) is 2.21. The van der Waals surface area contributed by atoms with E-state index >= 15 is 0 Å². The Morgan fingerprint density at radius 2 is 2.13 bits per heavy atom. The fourth-order valence-corrected chi connectivity index (χ4v) is 1.86. The van der Waals surface area contributed by atoms with Crippen molar-refractivity contribution in [3.63, 3.8) is 0 Å². The fourth-order valence-electron chi connectivity index (χ4n) is 1.19. The van der Waals surface area contributed by atoms with E-state index in [2.05, 4.69) is 15.0 Å². The first-order chi connectivity index (χ1) is 7.20. The summed E-state index contributed by atoms with van der Waals surface area (Å²) in [6.07, 6.45) is 0. The van der Waals surface area contributed by atoms with Gasteiger partial charge in [-0.25, -0.2) is 8.78 Å². The maximum Gasteiger partial charge on any atom is 0.207 e. The number of rotatable bonds is 1.